The second-order valence-electron chi connectivity index (χ2n) is 3.23. The number of ether oxygens (including phenoxy) is 3. The van der Waals surface area contributed by atoms with E-state index >= 15 is 0 Å². The normalized spacial score (nSPS) is 13.8. The van der Waals surface area contributed by atoms with Gasteiger partial charge in [0.1, 0.15) is 0 Å². The SMILES string of the molecule is CCOC(=O)[C@](C)(CNC(=O)OC)OCC. The van der Waals surface area contributed by atoms with Gasteiger partial charge < -0.3 is 19.5 Å². The maximum atomic E-state index is 11.6. The van der Waals surface area contributed by atoms with Crippen LogP contribution in [0.1, 0.15) is 20.8 Å². The lowest BCUT2D eigenvalue weighted by Crippen LogP contribution is -2.49. The minimum atomic E-state index is -1.18. The molecule has 0 aromatic rings. The van der Waals surface area contributed by atoms with Crippen LogP contribution >= 0.6 is 0 Å². The summed E-state index contributed by atoms with van der Waals surface area (Å²) in [5.74, 6) is -0.506. The lowest BCUT2D eigenvalue weighted by atomic mass is 10.1. The van der Waals surface area contributed by atoms with E-state index in [-0.39, 0.29) is 13.2 Å². The Kier molecular flexibility index (Phi) is 6.48. The van der Waals surface area contributed by atoms with Crippen LogP contribution in [-0.2, 0) is 19.0 Å². The van der Waals surface area contributed by atoms with Crippen LogP contribution in [0.2, 0.25) is 0 Å². The van der Waals surface area contributed by atoms with Crippen molar-refractivity contribution in [2.75, 3.05) is 26.9 Å². The van der Waals surface area contributed by atoms with Gasteiger partial charge in [0.15, 0.2) is 5.60 Å². The smallest absolute Gasteiger partial charge is 0.406 e. The van der Waals surface area contributed by atoms with Gasteiger partial charge in [0.05, 0.1) is 20.3 Å². The first-order valence-electron chi connectivity index (χ1n) is 5.13. The van der Waals surface area contributed by atoms with Crippen molar-refractivity contribution in [3.8, 4) is 0 Å². The molecule has 0 rings (SSSR count). The van der Waals surface area contributed by atoms with Gasteiger partial charge in [-0.15, -0.1) is 0 Å². The molecule has 16 heavy (non-hydrogen) atoms. The number of carbonyl (C=O) groups is 2. The van der Waals surface area contributed by atoms with E-state index in [0.29, 0.717) is 6.61 Å². The largest absolute Gasteiger partial charge is 0.464 e. The molecule has 0 aromatic heterocycles. The van der Waals surface area contributed by atoms with E-state index in [0.717, 1.165) is 0 Å². The quantitative estimate of drug-likeness (QED) is 0.683. The molecule has 0 aliphatic carbocycles. The summed E-state index contributed by atoms with van der Waals surface area (Å²) in [5, 5.41) is 2.41. The van der Waals surface area contributed by atoms with Crippen LogP contribution in [0.4, 0.5) is 4.79 Å². The molecule has 0 heterocycles. The Bertz CT molecular complexity index is 243. The van der Waals surface area contributed by atoms with Gasteiger partial charge in [-0.1, -0.05) is 0 Å². The van der Waals surface area contributed by atoms with Crippen molar-refractivity contribution >= 4 is 12.1 Å². The molecule has 0 unspecified atom stereocenters. The van der Waals surface area contributed by atoms with Gasteiger partial charge in [-0.25, -0.2) is 9.59 Å². The van der Waals surface area contributed by atoms with E-state index in [1.54, 1.807) is 20.8 Å². The third-order valence-electron chi connectivity index (χ3n) is 1.93. The molecule has 1 atom stereocenters. The van der Waals surface area contributed by atoms with Crippen LogP contribution in [0.15, 0.2) is 0 Å². The van der Waals surface area contributed by atoms with Crippen LogP contribution in [-0.4, -0.2) is 44.5 Å². The first kappa shape index (κ1) is 14.7. The Morgan fingerprint density at radius 2 is 1.88 bits per heavy atom. The predicted octanol–water partition coefficient (Wildman–Crippen LogP) is 0.701. The molecule has 0 aromatic carbocycles. The fourth-order valence-electron chi connectivity index (χ4n) is 1.10. The van der Waals surface area contributed by atoms with Crippen molar-refractivity contribution in [1.29, 1.82) is 0 Å². The van der Waals surface area contributed by atoms with Gasteiger partial charge in [0.25, 0.3) is 0 Å². The predicted molar refractivity (Wildman–Crippen MR) is 57.1 cm³/mol. The average molecular weight is 233 g/mol. The number of nitrogens with one attached hydrogen (secondary N) is 1. The molecule has 0 fully saturated rings. The van der Waals surface area contributed by atoms with Crippen LogP contribution in [0.25, 0.3) is 0 Å². The molecular formula is C10H19NO5. The number of esters is 1. The van der Waals surface area contributed by atoms with Gasteiger partial charge in [-0.05, 0) is 20.8 Å². The molecule has 0 saturated carbocycles. The second-order valence-corrected chi connectivity index (χ2v) is 3.23. The van der Waals surface area contributed by atoms with Crippen molar-refractivity contribution in [3.05, 3.63) is 0 Å². The summed E-state index contributed by atoms with van der Waals surface area (Å²) in [6, 6.07) is 0. The molecule has 0 radical (unpaired) electrons. The highest BCUT2D eigenvalue weighted by atomic mass is 16.6. The summed E-state index contributed by atoms with van der Waals surface area (Å²) in [4.78, 5) is 22.5. The molecule has 94 valence electrons. The number of alkyl carbamates (subject to hydrolysis) is 1. The Hall–Kier alpha value is -1.30. The van der Waals surface area contributed by atoms with Gasteiger partial charge in [0, 0.05) is 6.61 Å². The van der Waals surface area contributed by atoms with E-state index < -0.39 is 17.7 Å². The molecule has 0 aliphatic rings. The molecule has 0 spiro atoms. The number of amides is 1. The van der Waals surface area contributed by atoms with Crippen molar-refractivity contribution in [2.45, 2.75) is 26.4 Å². The topological polar surface area (TPSA) is 73.9 Å². The first-order valence-corrected chi connectivity index (χ1v) is 5.13. The first-order chi connectivity index (χ1) is 7.50. The standard InChI is InChI=1S/C10H19NO5/c1-5-15-8(12)10(3,16-6-2)7-11-9(13)14-4/h5-7H2,1-4H3,(H,11,13)/t10-/m0/s1. The molecule has 6 nitrogen and oxygen atoms in total. The summed E-state index contributed by atoms with van der Waals surface area (Å²) in [5.41, 5.74) is -1.18. The maximum absolute atomic E-state index is 11.6. The molecule has 0 saturated heterocycles. The van der Waals surface area contributed by atoms with E-state index in [1.165, 1.54) is 7.11 Å². The molecule has 1 amide bonds. The third-order valence-corrected chi connectivity index (χ3v) is 1.93. The van der Waals surface area contributed by atoms with Crippen molar-refractivity contribution in [1.82, 2.24) is 5.32 Å². The van der Waals surface area contributed by atoms with Crippen LogP contribution < -0.4 is 5.32 Å². The van der Waals surface area contributed by atoms with Gasteiger partial charge >= 0.3 is 12.1 Å². The highest BCUT2D eigenvalue weighted by Gasteiger charge is 2.36. The minimum Gasteiger partial charge on any atom is -0.464 e. The van der Waals surface area contributed by atoms with Gasteiger partial charge in [-0.3, -0.25) is 0 Å². The highest BCUT2D eigenvalue weighted by Crippen LogP contribution is 2.11. The summed E-state index contributed by atoms with van der Waals surface area (Å²) in [6.07, 6.45) is -0.616. The summed E-state index contributed by atoms with van der Waals surface area (Å²) >= 11 is 0. The monoisotopic (exact) mass is 233 g/mol. The molecule has 0 aliphatic heterocycles. The molecular weight excluding hydrogens is 214 g/mol. The van der Waals surface area contributed by atoms with Crippen molar-refractivity contribution in [3.63, 3.8) is 0 Å². The van der Waals surface area contributed by atoms with Crippen LogP contribution in [0.3, 0.4) is 0 Å². The van der Waals surface area contributed by atoms with E-state index in [9.17, 15) is 9.59 Å². The lowest BCUT2D eigenvalue weighted by molar-refractivity contribution is -0.168. The summed E-state index contributed by atoms with van der Waals surface area (Å²) < 4.78 is 14.6. The molecule has 1 N–H and O–H groups in total. The highest BCUT2D eigenvalue weighted by molar-refractivity contribution is 5.80. The van der Waals surface area contributed by atoms with E-state index in [1.807, 2.05) is 0 Å². The van der Waals surface area contributed by atoms with Crippen molar-refractivity contribution in [2.24, 2.45) is 0 Å². The number of carbonyl (C=O) groups excluding carboxylic acids is 2. The fourth-order valence-corrected chi connectivity index (χ4v) is 1.10. The zero-order valence-electron chi connectivity index (χ0n) is 10.2. The van der Waals surface area contributed by atoms with Gasteiger partial charge in [-0.2, -0.15) is 0 Å². The fraction of sp³-hybridized carbons (Fsp3) is 0.800. The van der Waals surface area contributed by atoms with Gasteiger partial charge in [0.2, 0.25) is 0 Å². The Morgan fingerprint density at radius 3 is 2.31 bits per heavy atom. The maximum Gasteiger partial charge on any atom is 0.406 e. The number of methoxy groups -OCH3 is 1. The second kappa shape index (κ2) is 7.05. The van der Waals surface area contributed by atoms with E-state index in [4.69, 9.17) is 9.47 Å². The van der Waals surface area contributed by atoms with Crippen molar-refractivity contribution < 1.29 is 23.8 Å². The number of hydrogen-bond donors (Lipinski definition) is 1. The summed E-state index contributed by atoms with van der Waals surface area (Å²) in [6.45, 7) is 5.64. The number of rotatable bonds is 6. The lowest BCUT2D eigenvalue weighted by Gasteiger charge is -2.26. The summed E-state index contributed by atoms with van der Waals surface area (Å²) in [7, 11) is 1.25. The molecule has 6 heteroatoms. The van der Waals surface area contributed by atoms with Crippen LogP contribution in [0, 0.1) is 0 Å². The minimum absolute atomic E-state index is 0.00630. The molecule has 0 bridgehead atoms. The Morgan fingerprint density at radius 1 is 1.25 bits per heavy atom. The number of hydrogen-bond acceptors (Lipinski definition) is 5. The Labute approximate surface area is 95.2 Å². The van der Waals surface area contributed by atoms with E-state index in [2.05, 4.69) is 10.1 Å². The zero-order chi connectivity index (χ0) is 12.6. The zero-order valence-corrected chi connectivity index (χ0v) is 10.2. The average Bonchev–Trinajstić information content (AvgIpc) is 2.26. The third kappa shape index (κ3) is 4.48. The Balaban J connectivity index is 4.43. The van der Waals surface area contributed by atoms with Crippen LogP contribution in [0.5, 0.6) is 0 Å².